The molecule has 0 amide bonds. The van der Waals surface area contributed by atoms with Crippen LogP contribution in [0.1, 0.15) is 0 Å². The van der Waals surface area contributed by atoms with Gasteiger partial charge in [0.05, 0.1) is 0 Å². The predicted octanol–water partition coefficient (Wildman–Crippen LogP) is 1.45. The monoisotopic (exact) mass is 180 g/mol. The number of fused-ring (bicyclic) bond motifs is 2. The first-order valence-corrected chi connectivity index (χ1v) is 4.69. The summed E-state index contributed by atoms with van der Waals surface area (Å²) in [6.45, 7) is 0. The molecule has 0 nitrogen and oxygen atoms in total. The van der Waals surface area contributed by atoms with E-state index in [0.717, 1.165) is 14.5 Å². The van der Waals surface area contributed by atoms with Crippen molar-refractivity contribution in [2.75, 3.05) is 0 Å². The van der Waals surface area contributed by atoms with Gasteiger partial charge in [0, 0.05) is 0 Å². The summed E-state index contributed by atoms with van der Waals surface area (Å²) in [7, 11) is 0. The van der Waals surface area contributed by atoms with Gasteiger partial charge in [-0.1, -0.05) is 0 Å². The van der Waals surface area contributed by atoms with Crippen LogP contribution in [0.4, 0.5) is 0 Å². The van der Waals surface area contributed by atoms with Crippen LogP contribution in [0.15, 0.2) is 24.3 Å². The number of rotatable bonds is 0. The van der Waals surface area contributed by atoms with E-state index in [1.807, 2.05) is 0 Å². The van der Waals surface area contributed by atoms with E-state index in [-0.39, 0.29) is 0 Å². The molecule has 1 aliphatic heterocycles. The van der Waals surface area contributed by atoms with Crippen molar-refractivity contribution in [2.45, 2.75) is 0 Å². The van der Waals surface area contributed by atoms with Crippen LogP contribution in [0.25, 0.3) is 11.1 Å². The average molecular weight is 179 g/mol. The summed E-state index contributed by atoms with van der Waals surface area (Å²) in [6, 6.07) is 8.88. The summed E-state index contributed by atoms with van der Waals surface area (Å²) in [4.78, 5) is 0. The minimum absolute atomic E-state index is 0.779. The molecule has 0 spiro atoms. The van der Waals surface area contributed by atoms with E-state index >= 15 is 0 Å². The Balaban J connectivity index is 2.72. The first-order chi connectivity index (χ1) is 4.45. The maximum atomic E-state index is 2.32. The van der Waals surface area contributed by atoms with Crippen molar-refractivity contribution in [3.05, 3.63) is 32.5 Å². The van der Waals surface area contributed by atoms with Gasteiger partial charge in [-0.05, 0) is 0 Å². The molecule has 0 saturated heterocycles. The molecule has 1 heterocycles. The van der Waals surface area contributed by atoms with Gasteiger partial charge in [-0.3, -0.25) is 0 Å². The molecule has 0 bridgehead atoms. The van der Waals surface area contributed by atoms with E-state index in [9.17, 15) is 0 Å². The summed E-state index contributed by atoms with van der Waals surface area (Å²) in [5, 5.41) is 0. The van der Waals surface area contributed by atoms with Gasteiger partial charge in [-0.2, -0.15) is 0 Å². The van der Waals surface area contributed by atoms with Gasteiger partial charge in [0.1, 0.15) is 0 Å². The van der Waals surface area contributed by atoms with Crippen LogP contribution < -0.4 is 0 Å². The van der Waals surface area contributed by atoms with Gasteiger partial charge in [-0.15, -0.1) is 0 Å². The van der Waals surface area contributed by atoms with E-state index in [1.54, 1.807) is 8.19 Å². The van der Waals surface area contributed by atoms with Gasteiger partial charge in [0.25, 0.3) is 0 Å². The van der Waals surface area contributed by atoms with E-state index in [2.05, 4.69) is 24.3 Å². The molecule has 1 heteroatoms. The van der Waals surface area contributed by atoms with Gasteiger partial charge in [0.2, 0.25) is 0 Å². The zero-order valence-electron chi connectivity index (χ0n) is 4.72. The van der Waals surface area contributed by atoms with E-state index in [0.29, 0.717) is 0 Å². The summed E-state index contributed by atoms with van der Waals surface area (Å²) < 4.78 is 3.29. The van der Waals surface area contributed by atoms with Crippen LogP contribution in [0.5, 0.6) is 0 Å². The summed E-state index contributed by atoms with van der Waals surface area (Å²) in [5.74, 6) is 0. The molecule has 0 fully saturated rings. The Morgan fingerprint density at radius 1 is 1.22 bits per heavy atom. The third kappa shape index (κ3) is 0.407. The number of hydrogen-bond acceptors (Lipinski definition) is 0. The molecule has 42 valence electrons. The summed E-state index contributed by atoms with van der Waals surface area (Å²) >= 11 is 0.779. The zero-order chi connectivity index (χ0) is 5.84. The third-order valence-corrected chi connectivity index (χ3v) is 3.83. The Bertz CT molecular complexity index is 425. The van der Waals surface area contributed by atoms with Crippen molar-refractivity contribution in [3.8, 4) is 11.1 Å². The molecule has 0 N–H and O–H groups in total. The van der Waals surface area contributed by atoms with E-state index in [1.165, 1.54) is 11.1 Å². The molecule has 2 aliphatic carbocycles. The van der Waals surface area contributed by atoms with Crippen molar-refractivity contribution >= 4 is 14.5 Å². The Hall–Kier alpha value is -0.521. The van der Waals surface area contributed by atoms with Crippen LogP contribution >= 0.6 is 0 Å². The van der Waals surface area contributed by atoms with Crippen molar-refractivity contribution in [1.82, 2.24) is 0 Å². The molecule has 0 aromatic heterocycles. The zero-order valence-corrected chi connectivity index (χ0v) is 6.43. The van der Waals surface area contributed by atoms with Gasteiger partial charge >= 0.3 is 58.1 Å². The minimum atomic E-state index is 0.779. The van der Waals surface area contributed by atoms with Crippen molar-refractivity contribution in [1.29, 1.82) is 0 Å². The predicted molar refractivity (Wildman–Crippen MR) is 37.7 cm³/mol. The standard InChI is InChI=1S/C8H4Se/c1-2-5-4-7-8(9-7)6(5)3-1/h1-4H. The SMILES string of the molecule is c1cc2cc3[se]c=3c-2c1. The van der Waals surface area contributed by atoms with Crippen molar-refractivity contribution < 1.29 is 0 Å². The first kappa shape index (κ1) is 4.32. The second kappa shape index (κ2) is 1.16. The summed E-state index contributed by atoms with van der Waals surface area (Å²) in [5.41, 5.74) is 2.97. The molecular weight excluding hydrogens is 175 g/mol. The van der Waals surface area contributed by atoms with Gasteiger partial charge in [-0.25, -0.2) is 0 Å². The average Bonchev–Trinajstić information content (AvgIpc) is 2.38. The number of hydrogen-bond donors (Lipinski definition) is 0. The Labute approximate surface area is 58.5 Å². The fraction of sp³-hybridized carbons (Fsp3) is 0. The normalized spacial score (nSPS) is 12.4. The topological polar surface area (TPSA) is 0 Å². The molecule has 0 saturated carbocycles. The van der Waals surface area contributed by atoms with Gasteiger partial charge in [0.15, 0.2) is 0 Å². The first-order valence-electron chi connectivity index (χ1n) is 2.98. The van der Waals surface area contributed by atoms with Crippen LogP contribution in [0, 0.1) is 8.19 Å². The maximum absolute atomic E-state index is 2.32. The second-order valence-corrected chi connectivity index (χ2v) is 4.54. The van der Waals surface area contributed by atoms with Gasteiger partial charge < -0.3 is 0 Å². The molecule has 0 radical (unpaired) electrons. The summed E-state index contributed by atoms with van der Waals surface area (Å²) in [6.07, 6.45) is 0. The second-order valence-electron chi connectivity index (χ2n) is 2.33. The molecule has 0 aromatic carbocycles. The fourth-order valence-electron chi connectivity index (χ4n) is 1.28. The molecule has 9 heavy (non-hydrogen) atoms. The molecular formula is C8H4Se. The van der Waals surface area contributed by atoms with Crippen molar-refractivity contribution in [3.63, 3.8) is 0 Å². The van der Waals surface area contributed by atoms with Crippen LogP contribution in [0.3, 0.4) is 0 Å². The third-order valence-electron chi connectivity index (χ3n) is 1.78. The molecule has 0 atom stereocenters. The molecule has 3 aliphatic rings. The van der Waals surface area contributed by atoms with Crippen LogP contribution in [-0.2, 0) is 0 Å². The molecule has 0 unspecified atom stereocenters. The fourth-order valence-corrected chi connectivity index (χ4v) is 2.99. The van der Waals surface area contributed by atoms with Crippen LogP contribution in [-0.4, -0.2) is 14.5 Å². The Kier molecular flexibility index (Phi) is 0.555. The van der Waals surface area contributed by atoms with Crippen LogP contribution in [0.2, 0.25) is 0 Å². The van der Waals surface area contributed by atoms with E-state index < -0.39 is 0 Å². The van der Waals surface area contributed by atoms with E-state index in [4.69, 9.17) is 0 Å². The Morgan fingerprint density at radius 3 is 3.11 bits per heavy atom. The Morgan fingerprint density at radius 2 is 2.22 bits per heavy atom. The quantitative estimate of drug-likeness (QED) is 0.458. The molecule has 3 rings (SSSR count). The van der Waals surface area contributed by atoms with Crippen molar-refractivity contribution in [2.24, 2.45) is 0 Å². The molecule has 0 aromatic rings.